The molecule has 0 spiro atoms. The lowest BCUT2D eigenvalue weighted by atomic mass is 10.2. The van der Waals surface area contributed by atoms with Crippen molar-refractivity contribution in [3.63, 3.8) is 0 Å². The molecule has 0 radical (unpaired) electrons. The number of ether oxygens (including phenoxy) is 2. The van der Waals surface area contributed by atoms with E-state index in [9.17, 15) is 4.79 Å². The van der Waals surface area contributed by atoms with Gasteiger partial charge in [0.1, 0.15) is 11.4 Å². The molecule has 0 saturated carbocycles. The van der Waals surface area contributed by atoms with E-state index in [0.717, 1.165) is 19.3 Å². The fraction of sp³-hybridized carbons (Fsp3) is 0.562. The van der Waals surface area contributed by atoms with Crippen molar-refractivity contribution >= 4 is 23.4 Å². The smallest absolute Gasteiger partial charge is 0.412 e. The number of aliphatic hydroxyl groups excluding tert-OH is 1. The molecule has 0 atom stereocenters. The Kier molecular flexibility index (Phi) is 7.48. The first-order chi connectivity index (χ1) is 10.3. The van der Waals surface area contributed by atoms with Crippen LogP contribution < -0.4 is 10.1 Å². The molecule has 2 N–H and O–H groups in total. The summed E-state index contributed by atoms with van der Waals surface area (Å²) in [5.41, 5.74) is -0.0996. The largest absolute Gasteiger partial charge is 0.491 e. The van der Waals surface area contributed by atoms with Crippen LogP contribution >= 0.6 is 11.6 Å². The third-order valence-electron chi connectivity index (χ3n) is 2.64. The summed E-state index contributed by atoms with van der Waals surface area (Å²) in [5.74, 6) is 0.541. The van der Waals surface area contributed by atoms with Gasteiger partial charge in [0.2, 0.25) is 0 Å². The van der Waals surface area contributed by atoms with E-state index >= 15 is 0 Å². The van der Waals surface area contributed by atoms with Gasteiger partial charge in [-0.15, -0.1) is 0 Å². The highest BCUT2D eigenvalue weighted by molar-refractivity contribution is 6.31. The second-order valence-electron chi connectivity index (χ2n) is 5.90. The molecule has 0 saturated heterocycles. The van der Waals surface area contributed by atoms with Crippen LogP contribution in [-0.4, -0.2) is 30.0 Å². The SMILES string of the molecule is CC(C)(C)OC(=O)Nc1cc(Cl)ccc1OCCCCCO. The summed E-state index contributed by atoms with van der Waals surface area (Å²) in [6.07, 6.45) is 1.92. The Hall–Kier alpha value is -1.46. The van der Waals surface area contributed by atoms with E-state index < -0.39 is 11.7 Å². The van der Waals surface area contributed by atoms with Crippen LogP contribution in [0.3, 0.4) is 0 Å². The van der Waals surface area contributed by atoms with Gasteiger partial charge in [0.05, 0.1) is 12.3 Å². The molecule has 22 heavy (non-hydrogen) atoms. The monoisotopic (exact) mass is 329 g/mol. The first-order valence-corrected chi connectivity index (χ1v) is 7.73. The van der Waals surface area contributed by atoms with Crippen LogP contribution in [0.5, 0.6) is 5.75 Å². The van der Waals surface area contributed by atoms with Crippen LogP contribution in [0, 0.1) is 0 Å². The highest BCUT2D eigenvalue weighted by atomic mass is 35.5. The van der Waals surface area contributed by atoms with E-state index in [1.165, 1.54) is 0 Å². The minimum absolute atomic E-state index is 0.187. The Balaban J connectivity index is 2.64. The number of hydrogen-bond donors (Lipinski definition) is 2. The lowest BCUT2D eigenvalue weighted by Crippen LogP contribution is -2.27. The second kappa shape index (κ2) is 8.86. The standard InChI is InChI=1S/C16H24ClNO4/c1-16(2,3)22-15(20)18-13-11-12(17)7-8-14(13)21-10-6-4-5-9-19/h7-8,11,19H,4-6,9-10H2,1-3H3,(H,18,20). The van der Waals surface area contributed by atoms with E-state index in [1.54, 1.807) is 39.0 Å². The Morgan fingerprint density at radius 2 is 2.00 bits per heavy atom. The Bertz CT molecular complexity index is 486. The number of aliphatic hydroxyl groups is 1. The van der Waals surface area contributed by atoms with Gasteiger partial charge >= 0.3 is 6.09 Å². The van der Waals surface area contributed by atoms with E-state index in [4.69, 9.17) is 26.2 Å². The number of amides is 1. The van der Waals surface area contributed by atoms with E-state index in [2.05, 4.69) is 5.32 Å². The molecule has 1 amide bonds. The number of carbonyl (C=O) groups is 1. The van der Waals surface area contributed by atoms with Gasteiger partial charge in [-0.2, -0.15) is 0 Å². The van der Waals surface area contributed by atoms with Crippen molar-refractivity contribution in [1.82, 2.24) is 0 Å². The average molecular weight is 330 g/mol. The summed E-state index contributed by atoms with van der Waals surface area (Å²) < 4.78 is 10.9. The van der Waals surface area contributed by atoms with E-state index in [1.807, 2.05) is 0 Å². The number of hydrogen-bond acceptors (Lipinski definition) is 4. The van der Waals surface area contributed by atoms with Crippen LogP contribution in [0.1, 0.15) is 40.0 Å². The summed E-state index contributed by atoms with van der Waals surface area (Å²) in [6.45, 7) is 6.08. The molecule has 0 unspecified atom stereocenters. The van der Waals surface area contributed by atoms with E-state index in [0.29, 0.717) is 23.1 Å². The topological polar surface area (TPSA) is 67.8 Å². The fourth-order valence-corrected chi connectivity index (χ4v) is 1.88. The van der Waals surface area contributed by atoms with Crippen LogP contribution in [0.15, 0.2) is 18.2 Å². The minimum atomic E-state index is -0.575. The number of halogens is 1. The fourth-order valence-electron chi connectivity index (χ4n) is 1.71. The predicted molar refractivity (Wildman–Crippen MR) is 87.7 cm³/mol. The zero-order valence-corrected chi connectivity index (χ0v) is 14.1. The summed E-state index contributed by atoms with van der Waals surface area (Å²) in [6, 6.07) is 5.03. The molecule has 124 valence electrons. The minimum Gasteiger partial charge on any atom is -0.491 e. The Labute approximate surface area is 136 Å². The third kappa shape index (κ3) is 7.52. The quantitative estimate of drug-likeness (QED) is 0.735. The highest BCUT2D eigenvalue weighted by Gasteiger charge is 2.17. The maximum absolute atomic E-state index is 11.8. The van der Waals surface area contributed by atoms with Gasteiger partial charge in [0.15, 0.2) is 0 Å². The molecular formula is C16H24ClNO4. The van der Waals surface area contributed by atoms with Gasteiger partial charge in [-0.1, -0.05) is 11.6 Å². The van der Waals surface area contributed by atoms with Gasteiger partial charge in [-0.25, -0.2) is 4.79 Å². The van der Waals surface area contributed by atoms with Crippen molar-refractivity contribution in [2.75, 3.05) is 18.5 Å². The second-order valence-corrected chi connectivity index (χ2v) is 6.34. The van der Waals surface area contributed by atoms with Crippen molar-refractivity contribution < 1.29 is 19.4 Å². The zero-order chi connectivity index (χ0) is 16.6. The summed E-state index contributed by atoms with van der Waals surface area (Å²) >= 11 is 5.96. The first kappa shape index (κ1) is 18.6. The number of benzene rings is 1. The highest BCUT2D eigenvalue weighted by Crippen LogP contribution is 2.28. The van der Waals surface area contributed by atoms with Crippen molar-refractivity contribution in [2.45, 2.75) is 45.6 Å². The van der Waals surface area contributed by atoms with Gasteiger partial charge < -0.3 is 14.6 Å². The predicted octanol–water partition coefficient (Wildman–Crippen LogP) is 4.23. The lowest BCUT2D eigenvalue weighted by molar-refractivity contribution is 0.0635. The number of unbranched alkanes of at least 4 members (excludes halogenated alkanes) is 2. The number of rotatable bonds is 7. The van der Waals surface area contributed by atoms with Gasteiger partial charge in [-0.05, 0) is 58.2 Å². The maximum Gasteiger partial charge on any atom is 0.412 e. The third-order valence-corrected chi connectivity index (χ3v) is 2.87. The van der Waals surface area contributed by atoms with Crippen LogP contribution in [-0.2, 0) is 4.74 Å². The summed E-state index contributed by atoms with van der Waals surface area (Å²) in [5, 5.41) is 11.9. The molecular weight excluding hydrogens is 306 g/mol. The van der Waals surface area contributed by atoms with Crippen molar-refractivity contribution in [3.8, 4) is 5.75 Å². The zero-order valence-electron chi connectivity index (χ0n) is 13.3. The molecule has 0 aromatic heterocycles. The molecule has 0 aliphatic rings. The maximum atomic E-state index is 11.8. The normalized spacial score (nSPS) is 11.1. The number of anilines is 1. The lowest BCUT2D eigenvalue weighted by Gasteiger charge is -2.20. The summed E-state index contributed by atoms with van der Waals surface area (Å²) in [7, 11) is 0. The molecule has 0 aliphatic heterocycles. The van der Waals surface area contributed by atoms with Crippen LogP contribution in [0.4, 0.5) is 10.5 Å². The number of nitrogens with one attached hydrogen (secondary N) is 1. The van der Waals surface area contributed by atoms with Gasteiger partial charge in [0.25, 0.3) is 0 Å². The van der Waals surface area contributed by atoms with E-state index in [-0.39, 0.29) is 6.61 Å². The van der Waals surface area contributed by atoms with Crippen LogP contribution in [0.25, 0.3) is 0 Å². The first-order valence-electron chi connectivity index (χ1n) is 7.35. The van der Waals surface area contributed by atoms with Crippen molar-refractivity contribution in [1.29, 1.82) is 0 Å². The molecule has 6 heteroatoms. The molecule has 0 fully saturated rings. The molecule has 5 nitrogen and oxygen atoms in total. The average Bonchev–Trinajstić information content (AvgIpc) is 2.38. The Morgan fingerprint density at radius 1 is 1.27 bits per heavy atom. The molecule has 0 bridgehead atoms. The van der Waals surface area contributed by atoms with Crippen molar-refractivity contribution in [3.05, 3.63) is 23.2 Å². The molecule has 0 heterocycles. The van der Waals surface area contributed by atoms with Crippen LogP contribution in [0.2, 0.25) is 5.02 Å². The molecule has 1 rings (SSSR count). The van der Waals surface area contributed by atoms with Gasteiger partial charge in [-0.3, -0.25) is 5.32 Å². The Morgan fingerprint density at radius 3 is 2.64 bits per heavy atom. The van der Waals surface area contributed by atoms with Crippen molar-refractivity contribution in [2.24, 2.45) is 0 Å². The van der Waals surface area contributed by atoms with Gasteiger partial charge in [0, 0.05) is 11.6 Å². The molecule has 0 aliphatic carbocycles. The molecule has 1 aromatic carbocycles. The summed E-state index contributed by atoms with van der Waals surface area (Å²) in [4.78, 5) is 11.8. The number of carbonyl (C=O) groups excluding carboxylic acids is 1. The molecule has 1 aromatic rings.